The standard InChI is InChI=1S/C14H20F2N2O2/c1-10-9-18(6-7-19-10)12(8-17)11-4-2-3-5-13(11)20-14(15)16/h2-5,10,12,14H,6-9,17H2,1H3. The molecule has 0 aliphatic carbocycles. The van der Waals surface area contributed by atoms with Crippen LogP contribution in [0.15, 0.2) is 24.3 Å². The van der Waals surface area contributed by atoms with Gasteiger partial charge < -0.3 is 15.2 Å². The van der Waals surface area contributed by atoms with Crippen LogP contribution >= 0.6 is 0 Å². The van der Waals surface area contributed by atoms with Gasteiger partial charge in [-0.25, -0.2) is 0 Å². The van der Waals surface area contributed by atoms with Gasteiger partial charge in [0, 0.05) is 25.2 Å². The number of halogens is 2. The third-order valence-corrected chi connectivity index (χ3v) is 3.43. The summed E-state index contributed by atoms with van der Waals surface area (Å²) in [7, 11) is 0. The average molecular weight is 286 g/mol. The number of hydrogen-bond donors (Lipinski definition) is 1. The number of hydrogen-bond acceptors (Lipinski definition) is 4. The molecule has 1 saturated heterocycles. The van der Waals surface area contributed by atoms with Crippen molar-refractivity contribution < 1.29 is 18.3 Å². The second kappa shape index (κ2) is 6.97. The maximum absolute atomic E-state index is 12.5. The molecule has 20 heavy (non-hydrogen) atoms. The highest BCUT2D eigenvalue weighted by atomic mass is 19.3. The Labute approximate surface area is 117 Å². The fourth-order valence-corrected chi connectivity index (χ4v) is 2.56. The maximum atomic E-state index is 12.5. The summed E-state index contributed by atoms with van der Waals surface area (Å²) in [5.41, 5.74) is 6.55. The highest BCUT2D eigenvalue weighted by Crippen LogP contribution is 2.30. The summed E-state index contributed by atoms with van der Waals surface area (Å²) in [4.78, 5) is 2.15. The lowest BCUT2D eigenvalue weighted by Gasteiger charge is -2.37. The molecule has 2 atom stereocenters. The molecule has 0 bridgehead atoms. The Hall–Kier alpha value is -1.24. The molecule has 0 aromatic heterocycles. The molecular weight excluding hydrogens is 266 g/mol. The van der Waals surface area contributed by atoms with Crippen LogP contribution in [0.25, 0.3) is 0 Å². The lowest BCUT2D eigenvalue weighted by atomic mass is 10.0. The van der Waals surface area contributed by atoms with E-state index >= 15 is 0 Å². The SMILES string of the molecule is CC1CN(C(CN)c2ccccc2OC(F)F)CCO1. The van der Waals surface area contributed by atoms with Crippen LogP contribution < -0.4 is 10.5 Å². The summed E-state index contributed by atoms with van der Waals surface area (Å²) >= 11 is 0. The lowest BCUT2D eigenvalue weighted by Crippen LogP contribution is -2.45. The Balaban J connectivity index is 2.22. The first-order valence-corrected chi connectivity index (χ1v) is 6.71. The molecule has 2 rings (SSSR count). The van der Waals surface area contributed by atoms with Gasteiger partial charge in [-0.3, -0.25) is 4.90 Å². The van der Waals surface area contributed by atoms with Crippen LogP contribution in [0.2, 0.25) is 0 Å². The lowest BCUT2D eigenvalue weighted by molar-refractivity contribution is -0.0540. The van der Waals surface area contributed by atoms with Gasteiger partial charge in [-0.15, -0.1) is 0 Å². The number of morpholine rings is 1. The monoisotopic (exact) mass is 286 g/mol. The van der Waals surface area contributed by atoms with Crippen molar-refractivity contribution in [3.63, 3.8) is 0 Å². The predicted molar refractivity (Wildman–Crippen MR) is 71.9 cm³/mol. The smallest absolute Gasteiger partial charge is 0.387 e. The minimum atomic E-state index is -2.84. The van der Waals surface area contributed by atoms with Gasteiger partial charge in [-0.05, 0) is 13.0 Å². The molecular formula is C14H20F2N2O2. The highest BCUT2D eigenvalue weighted by molar-refractivity contribution is 5.36. The molecule has 2 unspecified atom stereocenters. The van der Waals surface area contributed by atoms with E-state index in [2.05, 4.69) is 9.64 Å². The summed E-state index contributed by atoms with van der Waals surface area (Å²) in [6.45, 7) is 1.57. The van der Waals surface area contributed by atoms with Gasteiger partial charge in [0.05, 0.1) is 18.8 Å². The molecule has 1 aromatic carbocycles. The first-order chi connectivity index (χ1) is 9.61. The average Bonchev–Trinajstić information content (AvgIpc) is 2.41. The number of benzene rings is 1. The Morgan fingerprint density at radius 3 is 2.85 bits per heavy atom. The van der Waals surface area contributed by atoms with Crippen molar-refractivity contribution >= 4 is 0 Å². The number of para-hydroxylation sites is 1. The third kappa shape index (κ3) is 3.65. The minimum absolute atomic E-state index is 0.112. The molecule has 1 aliphatic heterocycles. The molecule has 1 fully saturated rings. The van der Waals surface area contributed by atoms with Gasteiger partial charge in [0.15, 0.2) is 0 Å². The second-order valence-electron chi connectivity index (χ2n) is 4.84. The number of alkyl halides is 2. The first kappa shape index (κ1) is 15.2. The summed E-state index contributed by atoms with van der Waals surface area (Å²) in [5, 5.41) is 0. The molecule has 112 valence electrons. The van der Waals surface area contributed by atoms with Crippen LogP contribution in [0.5, 0.6) is 5.75 Å². The maximum Gasteiger partial charge on any atom is 0.387 e. The zero-order valence-corrected chi connectivity index (χ0v) is 11.5. The molecule has 1 heterocycles. The Bertz CT molecular complexity index is 431. The molecule has 6 heteroatoms. The van der Waals surface area contributed by atoms with E-state index in [1.165, 1.54) is 0 Å². The molecule has 1 aliphatic rings. The molecule has 2 N–H and O–H groups in total. The summed E-state index contributed by atoms with van der Waals surface area (Å²) in [5.74, 6) is 0.192. The van der Waals surface area contributed by atoms with E-state index in [1.54, 1.807) is 24.3 Å². The van der Waals surface area contributed by atoms with Crippen LogP contribution in [-0.2, 0) is 4.74 Å². The quantitative estimate of drug-likeness (QED) is 0.899. The second-order valence-corrected chi connectivity index (χ2v) is 4.84. The van der Waals surface area contributed by atoms with Crippen LogP contribution in [0.4, 0.5) is 8.78 Å². The van der Waals surface area contributed by atoms with E-state index < -0.39 is 6.61 Å². The van der Waals surface area contributed by atoms with Crippen molar-refractivity contribution in [3.05, 3.63) is 29.8 Å². The fraction of sp³-hybridized carbons (Fsp3) is 0.571. The number of ether oxygens (including phenoxy) is 2. The van der Waals surface area contributed by atoms with Gasteiger partial charge in [0.1, 0.15) is 5.75 Å². The van der Waals surface area contributed by atoms with Crippen molar-refractivity contribution in [2.45, 2.75) is 25.7 Å². The predicted octanol–water partition coefficient (Wildman–Crippen LogP) is 2.01. The van der Waals surface area contributed by atoms with E-state index in [0.717, 1.165) is 13.1 Å². The van der Waals surface area contributed by atoms with Crippen LogP contribution in [0.1, 0.15) is 18.5 Å². The Morgan fingerprint density at radius 2 is 2.20 bits per heavy atom. The van der Waals surface area contributed by atoms with Crippen LogP contribution in [0, 0.1) is 0 Å². The van der Waals surface area contributed by atoms with Gasteiger partial charge >= 0.3 is 6.61 Å². The number of nitrogens with two attached hydrogens (primary N) is 1. The summed E-state index contributed by atoms with van der Waals surface area (Å²) in [6, 6.07) is 6.68. The van der Waals surface area contributed by atoms with E-state index in [-0.39, 0.29) is 17.9 Å². The molecule has 0 spiro atoms. The van der Waals surface area contributed by atoms with Crippen molar-refractivity contribution in [1.29, 1.82) is 0 Å². The van der Waals surface area contributed by atoms with Gasteiger partial charge in [0.2, 0.25) is 0 Å². The Morgan fingerprint density at radius 1 is 1.45 bits per heavy atom. The molecule has 0 radical (unpaired) electrons. The van der Waals surface area contributed by atoms with E-state index in [0.29, 0.717) is 18.7 Å². The molecule has 1 aromatic rings. The van der Waals surface area contributed by atoms with Gasteiger partial charge in [-0.2, -0.15) is 8.78 Å². The fourth-order valence-electron chi connectivity index (χ4n) is 2.56. The normalized spacial score (nSPS) is 21.9. The topological polar surface area (TPSA) is 47.7 Å². The first-order valence-electron chi connectivity index (χ1n) is 6.71. The molecule has 0 saturated carbocycles. The van der Waals surface area contributed by atoms with Crippen molar-refractivity contribution in [1.82, 2.24) is 4.90 Å². The molecule has 0 amide bonds. The van der Waals surface area contributed by atoms with Crippen LogP contribution in [0.3, 0.4) is 0 Å². The van der Waals surface area contributed by atoms with Gasteiger partial charge in [-0.1, -0.05) is 18.2 Å². The molecule has 4 nitrogen and oxygen atoms in total. The van der Waals surface area contributed by atoms with Crippen LogP contribution in [-0.4, -0.2) is 43.9 Å². The van der Waals surface area contributed by atoms with E-state index in [1.807, 2.05) is 6.92 Å². The zero-order chi connectivity index (χ0) is 14.5. The van der Waals surface area contributed by atoms with E-state index in [9.17, 15) is 8.78 Å². The largest absolute Gasteiger partial charge is 0.434 e. The third-order valence-electron chi connectivity index (χ3n) is 3.43. The van der Waals surface area contributed by atoms with Crippen molar-refractivity contribution in [3.8, 4) is 5.75 Å². The van der Waals surface area contributed by atoms with Crippen molar-refractivity contribution in [2.75, 3.05) is 26.2 Å². The number of nitrogens with zero attached hydrogens (tertiary/aromatic N) is 1. The van der Waals surface area contributed by atoms with E-state index in [4.69, 9.17) is 10.5 Å². The van der Waals surface area contributed by atoms with Crippen molar-refractivity contribution in [2.24, 2.45) is 5.73 Å². The van der Waals surface area contributed by atoms with Gasteiger partial charge in [0.25, 0.3) is 0 Å². The summed E-state index contributed by atoms with van der Waals surface area (Å²) < 4.78 is 35.1. The number of rotatable bonds is 5. The zero-order valence-electron chi connectivity index (χ0n) is 11.5. The minimum Gasteiger partial charge on any atom is -0.434 e. The highest BCUT2D eigenvalue weighted by Gasteiger charge is 2.27. The Kier molecular flexibility index (Phi) is 5.28. The summed E-state index contributed by atoms with van der Waals surface area (Å²) in [6.07, 6.45) is 0.112.